The smallest absolute Gasteiger partial charge is 0.176 e. The van der Waals surface area contributed by atoms with Gasteiger partial charge in [0.1, 0.15) is 0 Å². The van der Waals surface area contributed by atoms with Crippen molar-refractivity contribution in [1.82, 2.24) is 5.32 Å². The number of Topliss-reactive ketones (excluding diaryl/α,β-unsaturated/α-hetero) is 1. The quantitative estimate of drug-likeness (QED) is 0.790. The van der Waals surface area contributed by atoms with E-state index in [0.29, 0.717) is 6.54 Å². The van der Waals surface area contributed by atoms with E-state index in [1.165, 1.54) is 32.1 Å². The van der Waals surface area contributed by atoms with Crippen LogP contribution in [0.5, 0.6) is 0 Å². The molecule has 2 nitrogen and oxygen atoms in total. The second-order valence-corrected chi connectivity index (χ2v) is 5.72. The average Bonchev–Trinajstić information content (AvgIpc) is 2.49. The Labute approximate surface area is 116 Å². The second kappa shape index (κ2) is 7.44. The summed E-state index contributed by atoms with van der Waals surface area (Å²) in [6.07, 6.45) is 6.72. The van der Waals surface area contributed by atoms with Crippen LogP contribution in [0.1, 0.15) is 49.4 Å². The highest BCUT2D eigenvalue weighted by Crippen LogP contribution is 2.29. The molecule has 1 aromatic rings. The highest BCUT2D eigenvalue weighted by atomic mass is 16.1. The van der Waals surface area contributed by atoms with Crippen LogP contribution in [0.15, 0.2) is 30.3 Å². The Bertz CT molecular complexity index is 380. The summed E-state index contributed by atoms with van der Waals surface area (Å²) in [6, 6.07) is 9.54. The van der Waals surface area contributed by atoms with Crippen molar-refractivity contribution >= 4 is 5.78 Å². The first-order valence-corrected chi connectivity index (χ1v) is 7.58. The molecule has 2 heteroatoms. The minimum absolute atomic E-state index is 0.197. The Morgan fingerprint density at radius 1 is 1.11 bits per heavy atom. The molecule has 1 aromatic carbocycles. The molecule has 0 atom stereocenters. The van der Waals surface area contributed by atoms with E-state index in [0.717, 1.165) is 23.9 Å². The zero-order valence-electron chi connectivity index (χ0n) is 11.9. The zero-order chi connectivity index (χ0) is 13.5. The molecule has 0 bridgehead atoms. The third-order valence-electron chi connectivity index (χ3n) is 4.36. The van der Waals surface area contributed by atoms with Gasteiger partial charge < -0.3 is 5.32 Å². The third kappa shape index (κ3) is 4.46. The van der Waals surface area contributed by atoms with Crippen LogP contribution in [-0.4, -0.2) is 18.9 Å². The number of carbonyl (C=O) groups is 1. The molecule has 0 amide bonds. The van der Waals surface area contributed by atoms with E-state index in [-0.39, 0.29) is 5.78 Å². The number of hydrogen-bond donors (Lipinski definition) is 1. The Morgan fingerprint density at radius 2 is 1.74 bits per heavy atom. The van der Waals surface area contributed by atoms with Crippen LogP contribution in [0.25, 0.3) is 0 Å². The minimum Gasteiger partial charge on any atom is -0.309 e. The summed E-state index contributed by atoms with van der Waals surface area (Å²) in [7, 11) is 0. The Balaban J connectivity index is 1.66. The molecule has 104 valence electrons. The van der Waals surface area contributed by atoms with E-state index in [1.807, 2.05) is 30.3 Å². The number of carbonyl (C=O) groups excluding carboxylic acids is 1. The van der Waals surface area contributed by atoms with Gasteiger partial charge in [0.25, 0.3) is 0 Å². The molecular weight excluding hydrogens is 234 g/mol. The van der Waals surface area contributed by atoms with Gasteiger partial charge in [0.2, 0.25) is 0 Å². The molecule has 0 spiro atoms. The predicted octanol–water partition coefficient (Wildman–Crippen LogP) is 3.68. The summed E-state index contributed by atoms with van der Waals surface area (Å²) in [4.78, 5) is 11.9. The van der Waals surface area contributed by atoms with Crippen molar-refractivity contribution in [2.75, 3.05) is 13.1 Å². The van der Waals surface area contributed by atoms with Gasteiger partial charge in [0.15, 0.2) is 5.78 Å². The van der Waals surface area contributed by atoms with Crippen LogP contribution < -0.4 is 5.32 Å². The maximum Gasteiger partial charge on any atom is 0.176 e. The fourth-order valence-electron chi connectivity index (χ4n) is 2.96. The molecule has 1 aliphatic rings. The molecule has 0 aliphatic heterocycles. The van der Waals surface area contributed by atoms with Gasteiger partial charge in [0, 0.05) is 5.56 Å². The summed E-state index contributed by atoms with van der Waals surface area (Å²) >= 11 is 0. The minimum atomic E-state index is 0.197. The summed E-state index contributed by atoms with van der Waals surface area (Å²) < 4.78 is 0. The normalized spacial score (nSPS) is 23.2. The van der Waals surface area contributed by atoms with Crippen LogP contribution in [0.3, 0.4) is 0 Å². The number of nitrogens with one attached hydrogen (secondary N) is 1. The molecule has 0 saturated heterocycles. The molecule has 0 radical (unpaired) electrons. The Kier molecular flexibility index (Phi) is 5.59. The van der Waals surface area contributed by atoms with E-state index in [4.69, 9.17) is 0 Å². The SMILES string of the molecule is CCC1CCC(CNCC(=O)c2ccccc2)CC1. The zero-order valence-corrected chi connectivity index (χ0v) is 11.9. The lowest BCUT2D eigenvalue weighted by Crippen LogP contribution is -2.30. The first-order chi connectivity index (χ1) is 9.29. The van der Waals surface area contributed by atoms with Gasteiger partial charge in [-0.15, -0.1) is 0 Å². The number of rotatable bonds is 6. The molecule has 0 aromatic heterocycles. The van der Waals surface area contributed by atoms with Gasteiger partial charge in [-0.2, -0.15) is 0 Å². The maximum absolute atomic E-state index is 11.9. The lowest BCUT2D eigenvalue weighted by atomic mass is 9.81. The predicted molar refractivity (Wildman–Crippen MR) is 79.4 cm³/mol. The largest absolute Gasteiger partial charge is 0.309 e. The fourth-order valence-corrected chi connectivity index (χ4v) is 2.96. The first kappa shape index (κ1) is 14.3. The molecular formula is C17H25NO. The highest BCUT2D eigenvalue weighted by molar-refractivity contribution is 5.97. The number of ketones is 1. The molecule has 2 rings (SSSR count). The van der Waals surface area contributed by atoms with Crippen LogP contribution in [-0.2, 0) is 0 Å². The van der Waals surface area contributed by atoms with E-state index in [1.54, 1.807) is 0 Å². The van der Waals surface area contributed by atoms with E-state index < -0.39 is 0 Å². The van der Waals surface area contributed by atoms with Crippen molar-refractivity contribution in [2.45, 2.75) is 39.0 Å². The highest BCUT2D eigenvalue weighted by Gasteiger charge is 2.19. The van der Waals surface area contributed by atoms with Crippen molar-refractivity contribution in [1.29, 1.82) is 0 Å². The number of hydrogen-bond acceptors (Lipinski definition) is 2. The van der Waals surface area contributed by atoms with Crippen LogP contribution >= 0.6 is 0 Å². The summed E-state index contributed by atoms with van der Waals surface area (Å²) in [6.45, 7) is 3.76. The van der Waals surface area contributed by atoms with Crippen LogP contribution in [0.2, 0.25) is 0 Å². The summed E-state index contributed by atoms with van der Waals surface area (Å²) in [5.74, 6) is 1.91. The standard InChI is InChI=1S/C17H25NO/c1-2-14-8-10-15(11-9-14)12-18-13-17(19)16-6-4-3-5-7-16/h3-7,14-15,18H,2,8-13H2,1H3. The van der Waals surface area contributed by atoms with Crippen molar-refractivity contribution in [3.8, 4) is 0 Å². The lowest BCUT2D eigenvalue weighted by molar-refractivity contribution is 0.0988. The van der Waals surface area contributed by atoms with Gasteiger partial charge in [-0.05, 0) is 31.2 Å². The third-order valence-corrected chi connectivity index (χ3v) is 4.36. The fraction of sp³-hybridized carbons (Fsp3) is 0.588. The van der Waals surface area contributed by atoms with Crippen molar-refractivity contribution < 1.29 is 4.79 Å². The van der Waals surface area contributed by atoms with Crippen LogP contribution in [0.4, 0.5) is 0 Å². The van der Waals surface area contributed by atoms with Gasteiger partial charge in [0.05, 0.1) is 6.54 Å². The van der Waals surface area contributed by atoms with E-state index >= 15 is 0 Å². The topological polar surface area (TPSA) is 29.1 Å². The van der Waals surface area contributed by atoms with E-state index in [2.05, 4.69) is 12.2 Å². The van der Waals surface area contributed by atoms with Gasteiger partial charge in [-0.1, -0.05) is 56.5 Å². The van der Waals surface area contributed by atoms with Gasteiger partial charge in [-0.25, -0.2) is 0 Å². The average molecular weight is 259 g/mol. The second-order valence-electron chi connectivity index (χ2n) is 5.72. The maximum atomic E-state index is 11.9. The lowest BCUT2D eigenvalue weighted by Gasteiger charge is -2.27. The molecule has 1 fully saturated rings. The molecule has 1 aliphatic carbocycles. The summed E-state index contributed by atoms with van der Waals surface area (Å²) in [5, 5.41) is 3.34. The Hall–Kier alpha value is -1.15. The molecule has 19 heavy (non-hydrogen) atoms. The molecule has 1 saturated carbocycles. The molecule has 0 unspecified atom stereocenters. The van der Waals surface area contributed by atoms with Crippen molar-refractivity contribution in [2.24, 2.45) is 11.8 Å². The number of benzene rings is 1. The van der Waals surface area contributed by atoms with Crippen LogP contribution in [0, 0.1) is 11.8 Å². The monoisotopic (exact) mass is 259 g/mol. The first-order valence-electron chi connectivity index (χ1n) is 7.58. The van der Waals surface area contributed by atoms with Crippen molar-refractivity contribution in [3.05, 3.63) is 35.9 Å². The van der Waals surface area contributed by atoms with Gasteiger partial charge >= 0.3 is 0 Å². The Morgan fingerprint density at radius 3 is 2.37 bits per heavy atom. The van der Waals surface area contributed by atoms with Crippen molar-refractivity contribution in [3.63, 3.8) is 0 Å². The van der Waals surface area contributed by atoms with Gasteiger partial charge in [-0.3, -0.25) is 4.79 Å². The molecule has 0 heterocycles. The van der Waals surface area contributed by atoms with E-state index in [9.17, 15) is 4.79 Å². The molecule has 1 N–H and O–H groups in total. The summed E-state index contributed by atoms with van der Waals surface area (Å²) in [5.41, 5.74) is 0.810.